The van der Waals surface area contributed by atoms with Crippen LogP contribution in [0.3, 0.4) is 0 Å². The van der Waals surface area contributed by atoms with Crippen molar-refractivity contribution in [1.29, 1.82) is 0 Å². The summed E-state index contributed by atoms with van der Waals surface area (Å²) in [6, 6.07) is 13.2. The van der Waals surface area contributed by atoms with Crippen LogP contribution in [0.4, 0.5) is 5.69 Å². The number of nitrogens with zero attached hydrogens (tertiary/aromatic N) is 1. The van der Waals surface area contributed by atoms with Gasteiger partial charge in [-0.3, -0.25) is 0 Å². The summed E-state index contributed by atoms with van der Waals surface area (Å²) in [5, 5.41) is 2.60. The van der Waals surface area contributed by atoms with Crippen molar-refractivity contribution in [3.05, 3.63) is 42.0 Å². The maximum atomic E-state index is 5.72. The van der Waals surface area contributed by atoms with Crippen LogP contribution in [0.25, 0.3) is 10.8 Å². The van der Waals surface area contributed by atoms with Crippen molar-refractivity contribution in [2.24, 2.45) is 0 Å². The molecule has 2 rings (SSSR count). The Labute approximate surface area is 108 Å². The van der Waals surface area contributed by atoms with E-state index in [9.17, 15) is 0 Å². The highest BCUT2D eigenvalue weighted by Crippen LogP contribution is 2.22. The number of anilines is 1. The minimum atomic E-state index is 0.719. The third kappa shape index (κ3) is 2.92. The fraction of sp³-hybridized carbons (Fsp3) is 0.333. The lowest BCUT2D eigenvalue weighted by Crippen LogP contribution is -2.18. The van der Waals surface area contributed by atoms with E-state index in [0.29, 0.717) is 0 Å². The molecule has 2 aromatic rings. The highest BCUT2D eigenvalue weighted by atomic mass is 35.5. The number of alkyl halides is 1. The summed E-state index contributed by atoms with van der Waals surface area (Å²) in [5.41, 5.74) is 2.56. The Morgan fingerprint density at radius 1 is 1.06 bits per heavy atom. The molecular formula is C15H18ClN. The lowest BCUT2D eigenvalue weighted by molar-refractivity contribution is 0.857. The lowest BCUT2D eigenvalue weighted by atomic mass is 10.1. The summed E-state index contributed by atoms with van der Waals surface area (Å²) in [6.07, 6.45) is 1.02. The van der Waals surface area contributed by atoms with Gasteiger partial charge in [-0.2, -0.15) is 0 Å². The molecule has 0 aliphatic rings. The van der Waals surface area contributed by atoms with Gasteiger partial charge in [0.05, 0.1) is 0 Å². The van der Waals surface area contributed by atoms with E-state index in [2.05, 4.69) is 55.3 Å². The fourth-order valence-corrected chi connectivity index (χ4v) is 2.14. The van der Waals surface area contributed by atoms with Gasteiger partial charge in [-0.15, -0.1) is 11.6 Å². The van der Waals surface area contributed by atoms with Gasteiger partial charge in [-0.1, -0.05) is 29.8 Å². The van der Waals surface area contributed by atoms with Gasteiger partial charge in [0.15, 0.2) is 0 Å². The van der Waals surface area contributed by atoms with Crippen LogP contribution in [0.15, 0.2) is 36.4 Å². The first kappa shape index (κ1) is 12.3. The number of fused-ring (bicyclic) bond motifs is 1. The van der Waals surface area contributed by atoms with Gasteiger partial charge in [0.1, 0.15) is 0 Å². The number of benzene rings is 2. The molecule has 0 aromatic heterocycles. The molecule has 0 atom stereocenters. The van der Waals surface area contributed by atoms with E-state index in [-0.39, 0.29) is 0 Å². The van der Waals surface area contributed by atoms with Gasteiger partial charge < -0.3 is 4.90 Å². The molecule has 0 amide bonds. The quantitative estimate of drug-likeness (QED) is 0.732. The first-order valence-corrected chi connectivity index (χ1v) is 6.51. The van der Waals surface area contributed by atoms with Crippen molar-refractivity contribution in [2.45, 2.75) is 13.3 Å². The molecule has 90 valence electrons. The summed E-state index contributed by atoms with van der Waals surface area (Å²) in [5.74, 6) is 0.719. The van der Waals surface area contributed by atoms with Crippen molar-refractivity contribution < 1.29 is 0 Å². The molecule has 0 bridgehead atoms. The van der Waals surface area contributed by atoms with Gasteiger partial charge in [0, 0.05) is 25.2 Å². The van der Waals surface area contributed by atoms with Crippen LogP contribution in [0.2, 0.25) is 0 Å². The van der Waals surface area contributed by atoms with Crippen LogP contribution in [-0.2, 0) is 0 Å². The predicted octanol–water partition coefficient (Wildman–Crippen LogP) is 4.21. The van der Waals surface area contributed by atoms with Gasteiger partial charge in [0.2, 0.25) is 0 Å². The van der Waals surface area contributed by atoms with E-state index in [0.717, 1.165) is 18.8 Å². The molecule has 0 fully saturated rings. The maximum absolute atomic E-state index is 5.72. The predicted molar refractivity (Wildman–Crippen MR) is 77.3 cm³/mol. The molecule has 0 saturated heterocycles. The molecule has 1 nitrogen and oxygen atoms in total. The van der Waals surface area contributed by atoms with E-state index in [1.807, 2.05) is 0 Å². The second-order valence-electron chi connectivity index (χ2n) is 4.50. The van der Waals surface area contributed by atoms with Crippen molar-refractivity contribution in [3.63, 3.8) is 0 Å². The topological polar surface area (TPSA) is 3.24 Å². The zero-order chi connectivity index (χ0) is 12.3. The van der Waals surface area contributed by atoms with E-state index in [1.54, 1.807) is 0 Å². The minimum absolute atomic E-state index is 0.719. The second kappa shape index (κ2) is 5.42. The highest BCUT2D eigenvalue weighted by molar-refractivity contribution is 6.17. The van der Waals surface area contributed by atoms with E-state index in [4.69, 9.17) is 11.6 Å². The van der Waals surface area contributed by atoms with Gasteiger partial charge >= 0.3 is 0 Å². The van der Waals surface area contributed by atoms with Crippen molar-refractivity contribution in [1.82, 2.24) is 0 Å². The smallest absolute Gasteiger partial charge is 0.0370 e. The first-order valence-electron chi connectivity index (χ1n) is 5.98. The maximum Gasteiger partial charge on any atom is 0.0370 e. The Morgan fingerprint density at radius 3 is 2.53 bits per heavy atom. The number of aryl methyl sites for hydroxylation is 1. The van der Waals surface area contributed by atoms with E-state index in [1.165, 1.54) is 22.0 Å². The van der Waals surface area contributed by atoms with Crippen LogP contribution >= 0.6 is 11.6 Å². The number of halogens is 1. The van der Waals surface area contributed by atoms with Crippen LogP contribution in [-0.4, -0.2) is 19.5 Å². The SMILES string of the molecule is Cc1ccc2cc(N(C)CCCCl)ccc2c1. The highest BCUT2D eigenvalue weighted by Gasteiger charge is 2.01. The standard InChI is InChI=1S/C15H18ClN/c1-12-4-5-14-11-15(7-6-13(14)10-12)17(2)9-3-8-16/h4-7,10-11H,3,8-9H2,1-2H3. The number of hydrogen-bond acceptors (Lipinski definition) is 1. The Bertz CT molecular complexity index is 507. The van der Waals surface area contributed by atoms with Crippen LogP contribution < -0.4 is 4.90 Å². The number of rotatable bonds is 4. The lowest BCUT2D eigenvalue weighted by Gasteiger charge is -2.19. The third-order valence-electron chi connectivity index (χ3n) is 3.05. The monoisotopic (exact) mass is 247 g/mol. The first-order chi connectivity index (χ1) is 8.20. The van der Waals surface area contributed by atoms with Gasteiger partial charge in [-0.05, 0) is 36.2 Å². The average molecular weight is 248 g/mol. The van der Waals surface area contributed by atoms with E-state index < -0.39 is 0 Å². The molecular weight excluding hydrogens is 230 g/mol. The summed E-state index contributed by atoms with van der Waals surface area (Å²) < 4.78 is 0. The Morgan fingerprint density at radius 2 is 1.76 bits per heavy atom. The summed E-state index contributed by atoms with van der Waals surface area (Å²) in [4.78, 5) is 2.25. The number of hydrogen-bond donors (Lipinski definition) is 0. The molecule has 2 heteroatoms. The Kier molecular flexibility index (Phi) is 3.90. The molecule has 0 spiro atoms. The summed E-state index contributed by atoms with van der Waals surface area (Å²) in [6.45, 7) is 3.13. The summed E-state index contributed by atoms with van der Waals surface area (Å²) >= 11 is 5.72. The second-order valence-corrected chi connectivity index (χ2v) is 4.88. The molecule has 0 saturated carbocycles. The molecule has 17 heavy (non-hydrogen) atoms. The minimum Gasteiger partial charge on any atom is -0.375 e. The average Bonchev–Trinajstić information content (AvgIpc) is 2.35. The van der Waals surface area contributed by atoms with E-state index >= 15 is 0 Å². The molecule has 0 aliphatic carbocycles. The van der Waals surface area contributed by atoms with Crippen molar-refractivity contribution in [3.8, 4) is 0 Å². The largest absolute Gasteiger partial charge is 0.375 e. The van der Waals surface area contributed by atoms with Gasteiger partial charge in [-0.25, -0.2) is 0 Å². The normalized spacial score (nSPS) is 10.8. The Balaban J connectivity index is 2.28. The van der Waals surface area contributed by atoms with Crippen LogP contribution in [0, 0.1) is 6.92 Å². The molecule has 2 aromatic carbocycles. The molecule has 0 radical (unpaired) electrons. The molecule has 0 heterocycles. The summed E-state index contributed by atoms with van der Waals surface area (Å²) in [7, 11) is 2.11. The molecule has 0 unspecified atom stereocenters. The van der Waals surface area contributed by atoms with Crippen LogP contribution in [0.5, 0.6) is 0 Å². The van der Waals surface area contributed by atoms with Gasteiger partial charge in [0.25, 0.3) is 0 Å². The van der Waals surface area contributed by atoms with Crippen molar-refractivity contribution >= 4 is 28.1 Å². The zero-order valence-corrected chi connectivity index (χ0v) is 11.2. The third-order valence-corrected chi connectivity index (χ3v) is 3.31. The van der Waals surface area contributed by atoms with Crippen molar-refractivity contribution in [2.75, 3.05) is 24.4 Å². The molecule has 0 aliphatic heterocycles. The molecule has 0 N–H and O–H groups in total. The fourth-order valence-electron chi connectivity index (χ4n) is 2.02. The Hall–Kier alpha value is -1.21. The zero-order valence-electron chi connectivity index (χ0n) is 10.4. The van der Waals surface area contributed by atoms with Crippen LogP contribution in [0.1, 0.15) is 12.0 Å².